The lowest BCUT2D eigenvalue weighted by Crippen LogP contribution is -2.46. The van der Waals surface area contributed by atoms with Crippen LogP contribution in [0.25, 0.3) is 0 Å². The largest absolute Gasteiger partial charge is 0.351 e. The fourth-order valence-corrected chi connectivity index (χ4v) is 5.51. The van der Waals surface area contributed by atoms with Crippen LogP contribution in [-0.4, -0.2) is 40.2 Å². The van der Waals surface area contributed by atoms with Crippen LogP contribution >= 0.6 is 22.7 Å². The molecule has 1 unspecified atom stereocenters. The van der Waals surface area contributed by atoms with Gasteiger partial charge in [0.05, 0.1) is 5.69 Å². The normalized spacial score (nSPS) is 14.9. The Balaban J connectivity index is 1.71. The zero-order valence-corrected chi connectivity index (χ0v) is 21.3. The number of anilines is 1. The first-order valence-corrected chi connectivity index (χ1v) is 13.4. The van der Waals surface area contributed by atoms with Crippen molar-refractivity contribution in [1.29, 1.82) is 0 Å². The van der Waals surface area contributed by atoms with E-state index in [0.29, 0.717) is 17.6 Å². The number of amides is 3. The fraction of sp³-hybridized carbons (Fsp3) is 0.583. The van der Waals surface area contributed by atoms with Crippen LogP contribution in [0.3, 0.4) is 0 Å². The van der Waals surface area contributed by atoms with Gasteiger partial charge < -0.3 is 15.5 Å². The Morgan fingerprint density at radius 1 is 1.18 bits per heavy atom. The minimum Gasteiger partial charge on any atom is -0.351 e. The molecule has 0 aromatic carbocycles. The molecular weight excluding hydrogens is 456 g/mol. The molecule has 2 N–H and O–H groups in total. The van der Waals surface area contributed by atoms with Gasteiger partial charge in [-0.15, -0.1) is 22.7 Å². The monoisotopic (exact) mass is 490 g/mol. The van der Waals surface area contributed by atoms with Crippen LogP contribution in [0, 0.1) is 12.8 Å². The van der Waals surface area contributed by atoms with E-state index in [9.17, 15) is 14.4 Å². The molecule has 0 spiro atoms. The zero-order chi connectivity index (χ0) is 23.8. The van der Waals surface area contributed by atoms with E-state index in [0.717, 1.165) is 42.7 Å². The molecule has 33 heavy (non-hydrogen) atoms. The summed E-state index contributed by atoms with van der Waals surface area (Å²) >= 11 is 2.85. The van der Waals surface area contributed by atoms with Gasteiger partial charge in [-0.3, -0.25) is 14.4 Å². The van der Waals surface area contributed by atoms with Crippen LogP contribution < -0.4 is 10.6 Å². The van der Waals surface area contributed by atoms with Gasteiger partial charge >= 0.3 is 0 Å². The number of carbonyl (C=O) groups excluding carboxylic acids is 3. The van der Waals surface area contributed by atoms with Crippen LogP contribution in [0.4, 0.5) is 5.13 Å². The van der Waals surface area contributed by atoms with Crippen LogP contribution in [0.1, 0.15) is 75.4 Å². The molecule has 2 aromatic rings. The van der Waals surface area contributed by atoms with Gasteiger partial charge in [0.2, 0.25) is 17.7 Å². The average molecular weight is 491 g/mol. The number of hydrogen-bond acceptors (Lipinski definition) is 6. The Labute approximate surface area is 204 Å². The van der Waals surface area contributed by atoms with Gasteiger partial charge in [0, 0.05) is 35.7 Å². The highest BCUT2D eigenvalue weighted by Crippen LogP contribution is 2.29. The number of rotatable bonds is 11. The Kier molecular flexibility index (Phi) is 9.43. The lowest BCUT2D eigenvalue weighted by atomic mass is 10.1. The van der Waals surface area contributed by atoms with E-state index in [1.807, 2.05) is 29.8 Å². The van der Waals surface area contributed by atoms with Crippen LogP contribution in [0.5, 0.6) is 0 Å². The average Bonchev–Trinajstić information content (AvgIpc) is 3.53. The molecular formula is C24H34N4O3S2. The van der Waals surface area contributed by atoms with E-state index in [1.165, 1.54) is 22.7 Å². The topological polar surface area (TPSA) is 91.4 Å². The second-order valence-electron chi connectivity index (χ2n) is 9.02. The molecule has 1 aliphatic rings. The number of nitrogens with zero attached hydrogens (tertiary/aromatic N) is 2. The molecule has 1 fully saturated rings. The summed E-state index contributed by atoms with van der Waals surface area (Å²) in [6, 6.07) is 3.33. The standard InChI is InChI=1S/C24H34N4O3S2/c1-16(2)12-13-28(21(30)11-10-20(29)27-24-25-17(3)15-33-24)22(19-9-6-14-32-19)23(31)26-18-7-4-5-8-18/h6,9,14-16,18,22H,4-5,7-8,10-13H2,1-3H3,(H,26,31)(H,25,27,29). The van der Waals surface area contributed by atoms with Gasteiger partial charge in [-0.2, -0.15) is 0 Å². The molecule has 0 aliphatic heterocycles. The molecule has 0 saturated heterocycles. The quantitative estimate of drug-likeness (QED) is 0.468. The van der Waals surface area contributed by atoms with Crippen molar-refractivity contribution in [2.75, 3.05) is 11.9 Å². The molecule has 1 atom stereocenters. The minimum atomic E-state index is -0.665. The Bertz CT molecular complexity index is 920. The number of hydrogen-bond donors (Lipinski definition) is 2. The Morgan fingerprint density at radius 2 is 1.94 bits per heavy atom. The van der Waals surface area contributed by atoms with Crippen LogP contribution in [0.2, 0.25) is 0 Å². The van der Waals surface area contributed by atoms with Crippen molar-refractivity contribution >= 4 is 45.5 Å². The molecule has 2 heterocycles. The Hall–Kier alpha value is -2.26. The third-order valence-electron chi connectivity index (χ3n) is 5.77. The van der Waals surface area contributed by atoms with E-state index in [2.05, 4.69) is 29.5 Å². The van der Waals surface area contributed by atoms with Crippen molar-refractivity contribution in [3.8, 4) is 0 Å². The first-order valence-electron chi connectivity index (χ1n) is 11.7. The summed E-state index contributed by atoms with van der Waals surface area (Å²) in [4.78, 5) is 45.9. The van der Waals surface area contributed by atoms with Crippen molar-refractivity contribution in [1.82, 2.24) is 15.2 Å². The van der Waals surface area contributed by atoms with Gasteiger partial charge in [0.15, 0.2) is 5.13 Å². The summed E-state index contributed by atoms with van der Waals surface area (Å²) in [6.45, 7) is 6.55. The van der Waals surface area contributed by atoms with Crippen molar-refractivity contribution in [3.63, 3.8) is 0 Å². The van der Waals surface area contributed by atoms with Crippen LogP contribution in [-0.2, 0) is 14.4 Å². The maximum absolute atomic E-state index is 13.4. The summed E-state index contributed by atoms with van der Waals surface area (Å²) in [5, 5.41) is 10.3. The van der Waals surface area contributed by atoms with Gasteiger partial charge in [-0.25, -0.2) is 4.98 Å². The number of thiophene rings is 1. The highest BCUT2D eigenvalue weighted by molar-refractivity contribution is 7.13. The van der Waals surface area contributed by atoms with E-state index in [-0.39, 0.29) is 36.6 Å². The molecule has 9 heteroatoms. The molecule has 0 radical (unpaired) electrons. The van der Waals surface area contributed by atoms with Crippen LogP contribution in [0.15, 0.2) is 22.9 Å². The second-order valence-corrected chi connectivity index (χ2v) is 10.9. The van der Waals surface area contributed by atoms with E-state index >= 15 is 0 Å². The van der Waals surface area contributed by atoms with Gasteiger partial charge in [-0.1, -0.05) is 32.8 Å². The maximum atomic E-state index is 13.4. The first-order chi connectivity index (χ1) is 15.8. The van der Waals surface area contributed by atoms with Crippen molar-refractivity contribution in [2.24, 2.45) is 5.92 Å². The summed E-state index contributed by atoms with van der Waals surface area (Å²) < 4.78 is 0. The van der Waals surface area contributed by atoms with Gasteiger partial charge in [-0.05, 0) is 43.6 Å². The molecule has 1 aliphatic carbocycles. The van der Waals surface area contributed by atoms with Crippen molar-refractivity contribution in [2.45, 2.75) is 77.8 Å². The lowest BCUT2D eigenvalue weighted by molar-refractivity contribution is -0.141. The lowest BCUT2D eigenvalue weighted by Gasteiger charge is -2.32. The molecule has 180 valence electrons. The van der Waals surface area contributed by atoms with E-state index < -0.39 is 6.04 Å². The summed E-state index contributed by atoms with van der Waals surface area (Å²) in [7, 11) is 0. The smallest absolute Gasteiger partial charge is 0.248 e. The molecule has 1 saturated carbocycles. The molecule has 2 aromatic heterocycles. The molecule has 0 bridgehead atoms. The molecule has 3 amide bonds. The van der Waals surface area contributed by atoms with E-state index in [4.69, 9.17) is 0 Å². The van der Waals surface area contributed by atoms with E-state index in [1.54, 1.807) is 4.90 Å². The fourth-order valence-electron chi connectivity index (χ4n) is 3.97. The number of thiazole rings is 1. The SMILES string of the molecule is Cc1csc(NC(=O)CCC(=O)N(CCC(C)C)C(C(=O)NC2CCCC2)c2cccs2)n1. The van der Waals surface area contributed by atoms with Gasteiger partial charge in [0.1, 0.15) is 6.04 Å². The van der Waals surface area contributed by atoms with Crippen molar-refractivity contribution < 1.29 is 14.4 Å². The minimum absolute atomic E-state index is 0.0485. The number of nitrogens with one attached hydrogen (secondary N) is 2. The molecule has 7 nitrogen and oxygen atoms in total. The third kappa shape index (κ3) is 7.64. The van der Waals surface area contributed by atoms with Gasteiger partial charge in [0.25, 0.3) is 0 Å². The zero-order valence-electron chi connectivity index (χ0n) is 19.6. The first kappa shape index (κ1) is 25.4. The third-order valence-corrected chi connectivity index (χ3v) is 7.57. The molecule has 3 rings (SSSR count). The highest BCUT2D eigenvalue weighted by atomic mass is 32.1. The number of aryl methyl sites for hydroxylation is 1. The highest BCUT2D eigenvalue weighted by Gasteiger charge is 2.33. The summed E-state index contributed by atoms with van der Waals surface area (Å²) in [6.07, 6.45) is 5.11. The number of carbonyl (C=O) groups is 3. The predicted molar refractivity (Wildman–Crippen MR) is 133 cm³/mol. The number of aromatic nitrogens is 1. The maximum Gasteiger partial charge on any atom is 0.248 e. The Morgan fingerprint density at radius 3 is 2.55 bits per heavy atom. The van der Waals surface area contributed by atoms with Crippen molar-refractivity contribution in [3.05, 3.63) is 33.5 Å². The summed E-state index contributed by atoms with van der Waals surface area (Å²) in [5.74, 6) is -0.159. The second kappa shape index (κ2) is 12.3. The summed E-state index contributed by atoms with van der Waals surface area (Å²) in [5.41, 5.74) is 0.846. The predicted octanol–water partition coefficient (Wildman–Crippen LogP) is 4.91.